The molecule has 0 spiro atoms. The molecule has 0 aromatic heterocycles. The van der Waals surface area contributed by atoms with Crippen molar-refractivity contribution in [2.45, 2.75) is 52.2 Å². The van der Waals surface area contributed by atoms with E-state index in [0.717, 1.165) is 12.0 Å². The summed E-state index contributed by atoms with van der Waals surface area (Å²) in [6, 6.07) is 5.05. The molecule has 1 atom stereocenters. The first kappa shape index (κ1) is 17.3. The number of hydrogen-bond donors (Lipinski definition) is 1. The quantitative estimate of drug-likeness (QED) is 0.866. The highest BCUT2D eigenvalue weighted by molar-refractivity contribution is 6.42. The minimum atomic E-state index is -0.440. The molecule has 5 heteroatoms. The fourth-order valence-corrected chi connectivity index (χ4v) is 2.32. The number of carbonyl (C=O) groups excluding carboxylic acids is 1. The lowest BCUT2D eigenvalue weighted by Crippen LogP contribution is -2.46. The van der Waals surface area contributed by atoms with E-state index < -0.39 is 6.04 Å². The van der Waals surface area contributed by atoms with Gasteiger partial charge in [-0.2, -0.15) is 0 Å². The molecule has 3 nitrogen and oxygen atoms in total. The van der Waals surface area contributed by atoms with Crippen molar-refractivity contribution < 1.29 is 4.79 Å². The molecule has 0 radical (unpaired) electrons. The van der Waals surface area contributed by atoms with E-state index in [0.29, 0.717) is 23.0 Å². The van der Waals surface area contributed by atoms with Crippen LogP contribution < -0.4 is 5.73 Å². The first-order chi connectivity index (χ1) is 9.36. The molecule has 20 heavy (non-hydrogen) atoms. The highest BCUT2D eigenvalue weighted by Gasteiger charge is 2.22. The highest BCUT2D eigenvalue weighted by atomic mass is 35.5. The summed E-state index contributed by atoms with van der Waals surface area (Å²) in [7, 11) is 0. The molecule has 0 bridgehead atoms. The number of amides is 1. The van der Waals surface area contributed by atoms with Crippen molar-refractivity contribution in [3.63, 3.8) is 0 Å². The molecule has 112 valence electrons. The second-order valence-electron chi connectivity index (χ2n) is 5.20. The van der Waals surface area contributed by atoms with E-state index in [1.165, 1.54) is 0 Å². The van der Waals surface area contributed by atoms with Gasteiger partial charge in [-0.3, -0.25) is 4.79 Å². The van der Waals surface area contributed by atoms with Crippen LogP contribution in [0.5, 0.6) is 0 Å². The van der Waals surface area contributed by atoms with Crippen LogP contribution in [0.3, 0.4) is 0 Å². The predicted molar refractivity (Wildman–Crippen MR) is 85.0 cm³/mol. The Balaban J connectivity index is 2.86. The average molecular weight is 317 g/mol. The average Bonchev–Trinajstić information content (AvgIpc) is 2.39. The van der Waals surface area contributed by atoms with Crippen LogP contribution in [0.15, 0.2) is 18.2 Å². The van der Waals surface area contributed by atoms with Gasteiger partial charge in [0.25, 0.3) is 0 Å². The number of nitrogens with two attached hydrogens (primary N) is 1. The molecule has 1 aromatic carbocycles. The third-order valence-electron chi connectivity index (χ3n) is 3.16. The summed E-state index contributed by atoms with van der Waals surface area (Å²) in [6.07, 6.45) is 1.59. The third kappa shape index (κ3) is 4.65. The first-order valence-corrected chi connectivity index (χ1v) is 7.62. The molecule has 1 amide bonds. The van der Waals surface area contributed by atoms with Gasteiger partial charge in [0.15, 0.2) is 0 Å². The largest absolute Gasteiger partial charge is 0.335 e. The molecular formula is C15H22Cl2N2O. The molecule has 0 saturated heterocycles. The van der Waals surface area contributed by atoms with Gasteiger partial charge in [0.1, 0.15) is 0 Å². The van der Waals surface area contributed by atoms with Crippen LogP contribution in [0, 0.1) is 0 Å². The van der Waals surface area contributed by atoms with E-state index >= 15 is 0 Å². The Morgan fingerprint density at radius 3 is 2.45 bits per heavy atom. The van der Waals surface area contributed by atoms with Crippen LogP contribution in [0.25, 0.3) is 0 Å². The zero-order chi connectivity index (χ0) is 15.3. The van der Waals surface area contributed by atoms with Crippen LogP contribution in [-0.4, -0.2) is 22.9 Å². The second kappa shape index (κ2) is 7.87. The maximum atomic E-state index is 12.4. The molecule has 0 saturated carbocycles. The minimum Gasteiger partial charge on any atom is -0.335 e. The van der Waals surface area contributed by atoms with Gasteiger partial charge in [-0.25, -0.2) is 0 Å². The summed E-state index contributed by atoms with van der Waals surface area (Å²) in [6.45, 7) is 6.47. The van der Waals surface area contributed by atoms with Crippen LogP contribution in [0.4, 0.5) is 0 Å². The summed E-state index contributed by atoms with van der Waals surface area (Å²) in [5, 5.41) is 1.01. The van der Waals surface area contributed by atoms with Crippen molar-refractivity contribution in [1.82, 2.24) is 4.90 Å². The summed E-state index contributed by atoms with van der Waals surface area (Å²) in [4.78, 5) is 14.2. The van der Waals surface area contributed by atoms with Crippen LogP contribution in [0.1, 0.15) is 39.2 Å². The number of carbonyl (C=O) groups is 1. The molecule has 1 rings (SSSR count). The normalized spacial score (nSPS) is 12.6. The molecule has 0 heterocycles. The van der Waals surface area contributed by atoms with Gasteiger partial charge in [-0.15, -0.1) is 0 Å². The van der Waals surface area contributed by atoms with Gasteiger partial charge in [-0.1, -0.05) is 42.6 Å². The standard InChI is InChI=1S/C15H22Cl2N2O/c1-4-5-14(18)15(20)19(10(2)3)9-11-6-7-12(16)13(17)8-11/h6-8,10,14H,4-5,9,18H2,1-3H3. The van der Waals surface area contributed by atoms with Gasteiger partial charge < -0.3 is 10.6 Å². The summed E-state index contributed by atoms with van der Waals surface area (Å²) in [5.74, 6) is -0.0204. The molecule has 2 N–H and O–H groups in total. The third-order valence-corrected chi connectivity index (χ3v) is 3.90. The summed E-state index contributed by atoms with van der Waals surface area (Å²) in [5.41, 5.74) is 6.88. The van der Waals surface area contributed by atoms with Crippen molar-refractivity contribution in [3.8, 4) is 0 Å². The van der Waals surface area contributed by atoms with Crippen molar-refractivity contribution in [1.29, 1.82) is 0 Å². The fourth-order valence-electron chi connectivity index (χ4n) is 2.00. The van der Waals surface area contributed by atoms with Gasteiger partial charge in [0.2, 0.25) is 5.91 Å². The van der Waals surface area contributed by atoms with Gasteiger partial charge >= 0.3 is 0 Å². The van der Waals surface area contributed by atoms with Crippen molar-refractivity contribution in [2.24, 2.45) is 5.73 Å². The summed E-state index contributed by atoms with van der Waals surface area (Å²) >= 11 is 11.9. The lowest BCUT2D eigenvalue weighted by molar-refractivity contribution is -0.135. The second-order valence-corrected chi connectivity index (χ2v) is 6.02. The van der Waals surface area contributed by atoms with E-state index in [4.69, 9.17) is 28.9 Å². The number of nitrogens with zero attached hydrogens (tertiary/aromatic N) is 1. The fraction of sp³-hybridized carbons (Fsp3) is 0.533. The SMILES string of the molecule is CCCC(N)C(=O)N(Cc1ccc(Cl)c(Cl)c1)C(C)C. The molecule has 0 aliphatic heterocycles. The molecule has 0 aliphatic carbocycles. The monoisotopic (exact) mass is 316 g/mol. The first-order valence-electron chi connectivity index (χ1n) is 6.86. The lowest BCUT2D eigenvalue weighted by atomic mass is 10.1. The molecule has 1 unspecified atom stereocenters. The van der Waals surface area contributed by atoms with E-state index in [1.807, 2.05) is 26.8 Å². The van der Waals surface area contributed by atoms with Crippen molar-refractivity contribution in [2.75, 3.05) is 0 Å². The molecule has 1 aromatic rings. The topological polar surface area (TPSA) is 46.3 Å². The Kier molecular flexibility index (Phi) is 6.80. The van der Waals surface area contributed by atoms with Crippen LogP contribution >= 0.6 is 23.2 Å². The zero-order valence-corrected chi connectivity index (χ0v) is 13.7. The van der Waals surface area contributed by atoms with Gasteiger partial charge in [0.05, 0.1) is 16.1 Å². The minimum absolute atomic E-state index is 0.0204. The highest BCUT2D eigenvalue weighted by Crippen LogP contribution is 2.23. The number of benzene rings is 1. The number of halogens is 2. The Hall–Kier alpha value is -0.770. The van der Waals surface area contributed by atoms with E-state index in [9.17, 15) is 4.79 Å². The Morgan fingerprint density at radius 2 is 1.95 bits per heavy atom. The van der Waals surface area contributed by atoms with E-state index in [1.54, 1.807) is 17.0 Å². The maximum absolute atomic E-state index is 12.4. The maximum Gasteiger partial charge on any atom is 0.240 e. The van der Waals surface area contributed by atoms with Crippen molar-refractivity contribution in [3.05, 3.63) is 33.8 Å². The Labute approximate surface area is 131 Å². The zero-order valence-electron chi connectivity index (χ0n) is 12.2. The lowest BCUT2D eigenvalue weighted by Gasteiger charge is -2.29. The van der Waals surface area contributed by atoms with Crippen LogP contribution in [-0.2, 0) is 11.3 Å². The van der Waals surface area contributed by atoms with Crippen LogP contribution in [0.2, 0.25) is 10.0 Å². The predicted octanol–water partition coefficient (Wildman–Crippen LogP) is 3.86. The van der Waals surface area contributed by atoms with E-state index in [2.05, 4.69) is 0 Å². The molecule has 0 aliphatic rings. The Bertz CT molecular complexity index is 463. The number of hydrogen-bond acceptors (Lipinski definition) is 2. The molecular weight excluding hydrogens is 295 g/mol. The van der Waals surface area contributed by atoms with E-state index in [-0.39, 0.29) is 11.9 Å². The van der Waals surface area contributed by atoms with Crippen molar-refractivity contribution >= 4 is 29.1 Å². The number of rotatable bonds is 6. The molecule has 0 fully saturated rings. The van der Waals surface area contributed by atoms with Gasteiger partial charge in [0, 0.05) is 12.6 Å². The summed E-state index contributed by atoms with van der Waals surface area (Å²) < 4.78 is 0. The van der Waals surface area contributed by atoms with Gasteiger partial charge in [-0.05, 0) is 38.0 Å². The smallest absolute Gasteiger partial charge is 0.240 e. The Morgan fingerprint density at radius 1 is 1.30 bits per heavy atom.